The molecule has 6 nitrogen and oxygen atoms in total. The third kappa shape index (κ3) is 5.11. The first-order valence-electron chi connectivity index (χ1n) is 8.55. The van der Waals surface area contributed by atoms with Gasteiger partial charge in [0.1, 0.15) is 17.2 Å². The second-order valence-electron chi connectivity index (χ2n) is 5.82. The third-order valence-electron chi connectivity index (χ3n) is 3.79. The lowest BCUT2D eigenvalue weighted by atomic mass is 10.1. The van der Waals surface area contributed by atoms with Crippen LogP contribution in [0, 0.1) is 0 Å². The number of benzene rings is 2. The minimum Gasteiger partial charge on any atom is -0.504 e. The van der Waals surface area contributed by atoms with Gasteiger partial charge in [0.25, 0.3) is 0 Å². The van der Waals surface area contributed by atoms with Crippen molar-refractivity contribution in [2.45, 2.75) is 6.42 Å². The molecular weight excluding hydrogens is 358 g/mol. The topological polar surface area (TPSA) is 77.9 Å². The van der Waals surface area contributed by atoms with E-state index in [0.717, 1.165) is 0 Å². The summed E-state index contributed by atoms with van der Waals surface area (Å²) in [5, 5.41) is 9.30. The molecule has 1 heterocycles. The van der Waals surface area contributed by atoms with Crippen molar-refractivity contribution in [2.24, 2.45) is 0 Å². The van der Waals surface area contributed by atoms with E-state index in [1.165, 1.54) is 13.4 Å². The molecule has 0 aliphatic rings. The monoisotopic (exact) mass is 377 g/mol. The zero-order valence-electron chi connectivity index (χ0n) is 15.2. The Morgan fingerprint density at radius 3 is 2.50 bits per heavy atom. The van der Waals surface area contributed by atoms with Gasteiger partial charge in [0.2, 0.25) is 5.88 Å². The second-order valence-corrected chi connectivity index (χ2v) is 5.82. The summed E-state index contributed by atoms with van der Waals surface area (Å²) in [4.78, 5) is 15.6. The van der Waals surface area contributed by atoms with Crippen molar-refractivity contribution < 1.29 is 24.1 Å². The summed E-state index contributed by atoms with van der Waals surface area (Å²) in [5.74, 6) is 1.09. The molecule has 0 saturated carbocycles. The molecule has 28 heavy (non-hydrogen) atoms. The summed E-state index contributed by atoms with van der Waals surface area (Å²) < 4.78 is 16.5. The fourth-order valence-corrected chi connectivity index (χ4v) is 2.51. The van der Waals surface area contributed by atoms with Crippen molar-refractivity contribution in [3.63, 3.8) is 0 Å². The number of para-hydroxylation sites is 2. The Kier molecular flexibility index (Phi) is 6.25. The standard InChI is InChI=1S/C22H19NO5/c1-26-15-17(22(24)25)13-16-7-5-6-10-20(16)28-21-14-19(11-12-23-21)27-18-8-3-2-4-9-18/h2-12,14-15H,13H2,1H3,(H,24,25)/b17-15+. The number of hydrogen-bond donors (Lipinski definition) is 1. The van der Waals surface area contributed by atoms with E-state index in [4.69, 9.17) is 14.2 Å². The van der Waals surface area contributed by atoms with Crippen molar-refractivity contribution in [2.75, 3.05) is 7.11 Å². The summed E-state index contributed by atoms with van der Waals surface area (Å²) in [6.45, 7) is 0. The fraction of sp³-hybridized carbons (Fsp3) is 0.0909. The molecular formula is C22H19NO5. The van der Waals surface area contributed by atoms with Gasteiger partial charge in [0, 0.05) is 18.7 Å². The first-order valence-corrected chi connectivity index (χ1v) is 8.55. The van der Waals surface area contributed by atoms with Gasteiger partial charge in [-0.05, 0) is 29.8 Å². The Balaban J connectivity index is 1.80. The smallest absolute Gasteiger partial charge is 0.335 e. The van der Waals surface area contributed by atoms with Crippen molar-refractivity contribution in [3.8, 4) is 23.1 Å². The van der Waals surface area contributed by atoms with Crippen LogP contribution in [0.2, 0.25) is 0 Å². The van der Waals surface area contributed by atoms with E-state index in [9.17, 15) is 9.90 Å². The van der Waals surface area contributed by atoms with Gasteiger partial charge in [-0.2, -0.15) is 0 Å². The van der Waals surface area contributed by atoms with Gasteiger partial charge in [-0.25, -0.2) is 9.78 Å². The van der Waals surface area contributed by atoms with Gasteiger partial charge in [0.05, 0.1) is 18.9 Å². The van der Waals surface area contributed by atoms with Crippen LogP contribution in [0.5, 0.6) is 23.1 Å². The van der Waals surface area contributed by atoms with Gasteiger partial charge in [-0.1, -0.05) is 36.4 Å². The SMILES string of the molecule is CO/C=C(\Cc1ccccc1Oc1cc(Oc2ccccc2)ccn1)C(=O)O. The zero-order valence-corrected chi connectivity index (χ0v) is 15.2. The van der Waals surface area contributed by atoms with Gasteiger partial charge >= 0.3 is 5.97 Å². The number of carboxylic acids is 1. The maximum Gasteiger partial charge on any atom is 0.335 e. The molecule has 0 bridgehead atoms. The molecule has 1 aromatic heterocycles. The Labute approximate surface area is 162 Å². The van der Waals surface area contributed by atoms with Crippen LogP contribution >= 0.6 is 0 Å². The highest BCUT2D eigenvalue weighted by atomic mass is 16.5. The Bertz CT molecular complexity index is 969. The molecule has 0 amide bonds. The molecule has 1 N–H and O–H groups in total. The van der Waals surface area contributed by atoms with E-state index >= 15 is 0 Å². The third-order valence-corrected chi connectivity index (χ3v) is 3.79. The van der Waals surface area contributed by atoms with Crippen LogP contribution in [0.15, 0.2) is 84.8 Å². The normalized spacial score (nSPS) is 11.0. The van der Waals surface area contributed by atoms with E-state index in [-0.39, 0.29) is 12.0 Å². The molecule has 0 aliphatic heterocycles. The first kappa shape index (κ1) is 19.0. The van der Waals surface area contributed by atoms with Crippen LogP contribution in [0.4, 0.5) is 0 Å². The highest BCUT2D eigenvalue weighted by Gasteiger charge is 2.13. The molecule has 0 unspecified atom stereocenters. The lowest BCUT2D eigenvalue weighted by molar-refractivity contribution is -0.132. The number of methoxy groups -OCH3 is 1. The minimum atomic E-state index is -1.05. The van der Waals surface area contributed by atoms with E-state index in [1.807, 2.05) is 42.5 Å². The van der Waals surface area contributed by atoms with Crippen LogP contribution in [-0.2, 0) is 16.0 Å². The van der Waals surface area contributed by atoms with Crippen LogP contribution in [0.3, 0.4) is 0 Å². The predicted octanol–water partition coefficient (Wildman–Crippen LogP) is 4.82. The zero-order chi connectivity index (χ0) is 19.8. The van der Waals surface area contributed by atoms with Gasteiger partial charge in [-0.15, -0.1) is 0 Å². The number of aliphatic carboxylic acids is 1. The Morgan fingerprint density at radius 1 is 1.00 bits per heavy atom. The van der Waals surface area contributed by atoms with E-state index in [2.05, 4.69) is 4.98 Å². The molecule has 6 heteroatoms. The molecule has 2 aromatic carbocycles. The predicted molar refractivity (Wildman–Crippen MR) is 104 cm³/mol. The van der Waals surface area contributed by atoms with E-state index in [1.54, 1.807) is 30.5 Å². The van der Waals surface area contributed by atoms with Gasteiger partial charge in [-0.3, -0.25) is 0 Å². The molecule has 0 fully saturated rings. The highest BCUT2D eigenvalue weighted by Crippen LogP contribution is 2.29. The number of nitrogens with zero attached hydrogens (tertiary/aromatic N) is 1. The molecule has 3 aromatic rings. The molecule has 0 spiro atoms. The van der Waals surface area contributed by atoms with Crippen LogP contribution in [-0.4, -0.2) is 23.2 Å². The van der Waals surface area contributed by atoms with Crippen molar-refractivity contribution in [1.29, 1.82) is 0 Å². The van der Waals surface area contributed by atoms with Crippen molar-refractivity contribution in [1.82, 2.24) is 4.98 Å². The molecule has 0 atom stereocenters. The average molecular weight is 377 g/mol. The molecule has 3 rings (SSSR count). The first-order chi connectivity index (χ1) is 13.7. The lowest BCUT2D eigenvalue weighted by Crippen LogP contribution is -2.05. The number of carboxylic acid groups (broad SMARTS) is 1. The average Bonchev–Trinajstić information content (AvgIpc) is 2.70. The number of aromatic nitrogens is 1. The minimum absolute atomic E-state index is 0.118. The van der Waals surface area contributed by atoms with E-state index < -0.39 is 5.97 Å². The van der Waals surface area contributed by atoms with Gasteiger partial charge < -0.3 is 19.3 Å². The maximum absolute atomic E-state index is 11.4. The second kappa shape index (κ2) is 9.23. The quantitative estimate of drug-likeness (QED) is 0.448. The molecule has 0 aliphatic carbocycles. The fourth-order valence-electron chi connectivity index (χ4n) is 2.51. The molecule has 0 radical (unpaired) electrons. The van der Waals surface area contributed by atoms with Crippen LogP contribution in [0.25, 0.3) is 0 Å². The number of hydrogen-bond acceptors (Lipinski definition) is 5. The Morgan fingerprint density at radius 2 is 1.75 bits per heavy atom. The summed E-state index contributed by atoms with van der Waals surface area (Å²) in [6, 6.07) is 20.0. The van der Waals surface area contributed by atoms with Crippen LogP contribution < -0.4 is 9.47 Å². The Hall–Kier alpha value is -3.80. The lowest BCUT2D eigenvalue weighted by Gasteiger charge is -2.12. The summed E-state index contributed by atoms with van der Waals surface area (Å²) >= 11 is 0. The summed E-state index contributed by atoms with van der Waals surface area (Å²) in [6.07, 6.45) is 2.95. The van der Waals surface area contributed by atoms with E-state index in [0.29, 0.717) is 28.7 Å². The number of rotatable bonds is 8. The van der Waals surface area contributed by atoms with Crippen molar-refractivity contribution >= 4 is 5.97 Å². The van der Waals surface area contributed by atoms with Crippen LogP contribution in [0.1, 0.15) is 5.56 Å². The van der Waals surface area contributed by atoms with Gasteiger partial charge in [0.15, 0.2) is 0 Å². The molecule has 142 valence electrons. The maximum atomic E-state index is 11.4. The van der Waals surface area contributed by atoms with Crippen molar-refractivity contribution in [3.05, 3.63) is 90.3 Å². The summed E-state index contributed by atoms with van der Waals surface area (Å²) in [5.41, 5.74) is 0.817. The molecule has 0 saturated heterocycles. The summed E-state index contributed by atoms with van der Waals surface area (Å²) in [7, 11) is 1.41. The highest BCUT2D eigenvalue weighted by molar-refractivity contribution is 5.86. The number of pyridine rings is 1. The largest absolute Gasteiger partial charge is 0.504 e. The number of carbonyl (C=O) groups is 1. The number of ether oxygens (including phenoxy) is 3.